The first-order valence-electron chi connectivity index (χ1n) is 13.7. The molecule has 220 valence electrons. The van der Waals surface area contributed by atoms with Crippen LogP contribution in [0.4, 0.5) is 16.0 Å². The summed E-state index contributed by atoms with van der Waals surface area (Å²) >= 11 is 1.48. The normalized spacial score (nSPS) is 13.0. The summed E-state index contributed by atoms with van der Waals surface area (Å²) < 4.78 is 35.6. The molecule has 2 aromatic carbocycles. The Morgan fingerprint density at radius 2 is 1.88 bits per heavy atom. The molecule has 42 heavy (non-hydrogen) atoms. The molecule has 0 saturated heterocycles. The van der Waals surface area contributed by atoms with Crippen LogP contribution in [0.3, 0.4) is 0 Å². The average molecular weight is 592 g/mol. The molecule has 3 aromatic heterocycles. The first-order chi connectivity index (χ1) is 20.2. The van der Waals surface area contributed by atoms with Gasteiger partial charge in [0.05, 0.1) is 24.1 Å². The van der Waals surface area contributed by atoms with Gasteiger partial charge in [0.1, 0.15) is 24.1 Å². The molecule has 0 radical (unpaired) electrons. The lowest BCUT2D eigenvalue weighted by Crippen LogP contribution is -2.10. The molecule has 10 nitrogen and oxygen atoms in total. The summed E-state index contributed by atoms with van der Waals surface area (Å²) in [6.45, 7) is 10.3. The predicted molar refractivity (Wildman–Crippen MR) is 160 cm³/mol. The highest BCUT2D eigenvalue weighted by molar-refractivity contribution is 7.99. The van der Waals surface area contributed by atoms with E-state index in [9.17, 15) is 0 Å². The SMILES string of the molecule is CCOC(C)n1cc(-c2ncn3nc(Nc4ccc(Sc5cccc(C(C)OC)c5)cc4F)nc3c2OC(C)C)cn1. The van der Waals surface area contributed by atoms with E-state index >= 15 is 4.39 Å². The van der Waals surface area contributed by atoms with Crippen molar-refractivity contribution in [2.24, 2.45) is 0 Å². The minimum absolute atomic E-state index is 0.0219. The minimum Gasteiger partial charge on any atom is -0.485 e. The predicted octanol–water partition coefficient (Wildman–Crippen LogP) is 7.07. The second-order valence-corrected chi connectivity index (χ2v) is 11.0. The fraction of sp³-hybridized carbons (Fsp3) is 0.333. The van der Waals surface area contributed by atoms with Gasteiger partial charge in [-0.15, -0.1) is 5.10 Å². The van der Waals surface area contributed by atoms with Crippen molar-refractivity contribution < 1.29 is 18.6 Å². The number of methoxy groups -OCH3 is 1. The molecule has 3 heterocycles. The molecule has 0 saturated carbocycles. The molecule has 2 atom stereocenters. The Hall–Kier alpha value is -4.00. The van der Waals surface area contributed by atoms with Gasteiger partial charge in [0.15, 0.2) is 5.75 Å². The number of benzene rings is 2. The Labute approximate surface area is 248 Å². The van der Waals surface area contributed by atoms with Crippen molar-refractivity contribution in [1.82, 2.24) is 29.4 Å². The molecule has 5 aromatic rings. The Bertz CT molecular complexity index is 1670. The lowest BCUT2D eigenvalue weighted by molar-refractivity contribution is 0.0160. The highest BCUT2D eigenvalue weighted by atomic mass is 32.2. The van der Waals surface area contributed by atoms with E-state index in [1.165, 1.54) is 22.3 Å². The molecule has 0 aliphatic rings. The van der Waals surface area contributed by atoms with Gasteiger partial charge in [-0.05, 0) is 70.5 Å². The van der Waals surface area contributed by atoms with Crippen molar-refractivity contribution in [2.45, 2.75) is 62.8 Å². The van der Waals surface area contributed by atoms with E-state index in [-0.39, 0.29) is 30.1 Å². The quantitative estimate of drug-likeness (QED) is 0.163. The first kappa shape index (κ1) is 29.5. The molecule has 0 amide bonds. The van der Waals surface area contributed by atoms with Crippen LogP contribution in [0.1, 0.15) is 52.5 Å². The highest BCUT2D eigenvalue weighted by Crippen LogP contribution is 2.35. The third-order valence-electron chi connectivity index (χ3n) is 6.46. The Morgan fingerprint density at radius 1 is 1.07 bits per heavy atom. The van der Waals surface area contributed by atoms with Gasteiger partial charge in [0.2, 0.25) is 11.6 Å². The van der Waals surface area contributed by atoms with Crippen LogP contribution in [0.25, 0.3) is 16.9 Å². The van der Waals surface area contributed by atoms with E-state index in [0.717, 1.165) is 20.9 Å². The Kier molecular flexibility index (Phi) is 9.05. The van der Waals surface area contributed by atoms with E-state index in [2.05, 4.69) is 25.5 Å². The van der Waals surface area contributed by atoms with Crippen LogP contribution < -0.4 is 10.1 Å². The number of rotatable bonds is 12. The van der Waals surface area contributed by atoms with Crippen molar-refractivity contribution in [3.63, 3.8) is 0 Å². The van der Waals surface area contributed by atoms with Crippen molar-refractivity contribution in [3.8, 4) is 17.0 Å². The zero-order valence-electron chi connectivity index (χ0n) is 24.4. The molecule has 0 fully saturated rings. The number of anilines is 2. The molecule has 0 aliphatic heterocycles. The van der Waals surface area contributed by atoms with Gasteiger partial charge in [0.25, 0.3) is 0 Å². The van der Waals surface area contributed by atoms with Gasteiger partial charge in [-0.3, -0.25) is 0 Å². The Morgan fingerprint density at radius 3 is 2.62 bits per heavy atom. The van der Waals surface area contributed by atoms with Crippen molar-refractivity contribution in [1.29, 1.82) is 0 Å². The summed E-state index contributed by atoms with van der Waals surface area (Å²) in [6, 6.07) is 13.0. The monoisotopic (exact) mass is 591 g/mol. The van der Waals surface area contributed by atoms with Gasteiger partial charge >= 0.3 is 0 Å². The molecule has 0 spiro atoms. The number of ether oxygens (including phenoxy) is 3. The fourth-order valence-electron chi connectivity index (χ4n) is 4.30. The smallest absolute Gasteiger partial charge is 0.247 e. The lowest BCUT2D eigenvalue weighted by Gasteiger charge is -2.13. The Balaban J connectivity index is 1.40. The number of hydrogen-bond acceptors (Lipinski definition) is 9. The van der Waals surface area contributed by atoms with Crippen LogP contribution in [0, 0.1) is 5.82 Å². The van der Waals surface area contributed by atoms with Gasteiger partial charge in [-0.1, -0.05) is 23.9 Å². The molecule has 0 aliphatic carbocycles. The molecule has 2 unspecified atom stereocenters. The largest absolute Gasteiger partial charge is 0.485 e. The summed E-state index contributed by atoms with van der Waals surface area (Å²) in [4.78, 5) is 11.0. The van der Waals surface area contributed by atoms with E-state index in [1.807, 2.05) is 71.1 Å². The van der Waals surface area contributed by atoms with Crippen LogP contribution in [0.15, 0.2) is 71.0 Å². The second-order valence-electron chi connectivity index (χ2n) is 9.88. The van der Waals surface area contributed by atoms with Gasteiger partial charge < -0.3 is 19.5 Å². The number of fused-ring (bicyclic) bond motifs is 1. The first-order valence-corrected chi connectivity index (χ1v) is 14.5. The number of nitrogens with one attached hydrogen (secondary N) is 1. The zero-order valence-corrected chi connectivity index (χ0v) is 25.2. The molecule has 5 rings (SSSR count). The van der Waals surface area contributed by atoms with E-state index in [4.69, 9.17) is 14.2 Å². The van der Waals surface area contributed by atoms with Crippen molar-refractivity contribution >= 4 is 29.0 Å². The molecule has 0 bridgehead atoms. The maximum atomic E-state index is 15.2. The van der Waals surface area contributed by atoms with Gasteiger partial charge in [-0.25, -0.2) is 14.1 Å². The van der Waals surface area contributed by atoms with Crippen LogP contribution in [0.2, 0.25) is 0 Å². The second kappa shape index (κ2) is 12.9. The third kappa shape index (κ3) is 6.56. The van der Waals surface area contributed by atoms with Crippen molar-refractivity contribution in [2.75, 3.05) is 19.0 Å². The van der Waals surface area contributed by atoms with E-state index < -0.39 is 5.82 Å². The van der Waals surface area contributed by atoms with Crippen LogP contribution in [0.5, 0.6) is 5.75 Å². The average Bonchev–Trinajstić information content (AvgIpc) is 3.62. The molecule has 12 heteroatoms. The summed E-state index contributed by atoms with van der Waals surface area (Å²) in [5.41, 5.74) is 3.08. The van der Waals surface area contributed by atoms with E-state index in [0.29, 0.717) is 23.7 Å². The highest BCUT2D eigenvalue weighted by Gasteiger charge is 2.21. The fourth-order valence-corrected chi connectivity index (χ4v) is 5.21. The summed E-state index contributed by atoms with van der Waals surface area (Å²) in [7, 11) is 1.68. The van der Waals surface area contributed by atoms with Gasteiger partial charge in [0, 0.05) is 35.3 Å². The topological polar surface area (TPSA) is 101 Å². The third-order valence-corrected chi connectivity index (χ3v) is 7.44. The van der Waals surface area contributed by atoms with Crippen LogP contribution in [-0.2, 0) is 9.47 Å². The summed E-state index contributed by atoms with van der Waals surface area (Å²) in [6.07, 6.45) is 4.71. The zero-order chi connectivity index (χ0) is 29.8. The number of hydrogen-bond donors (Lipinski definition) is 1. The lowest BCUT2D eigenvalue weighted by atomic mass is 10.1. The maximum absolute atomic E-state index is 15.2. The maximum Gasteiger partial charge on any atom is 0.247 e. The number of halogens is 1. The molecular formula is C30H34FN7O3S. The number of aromatic nitrogens is 6. The van der Waals surface area contributed by atoms with Crippen LogP contribution >= 0.6 is 11.8 Å². The molecular weight excluding hydrogens is 557 g/mol. The minimum atomic E-state index is -0.423. The van der Waals surface area contributed by atoms with Gasteiger partial charge in [-0.2, -0.15) is 14.6 Å². The van der Waals surface area contributed by atoms with E-state index in [1.54, 1.807) is 30.4 Å². The summed E-state index contributed by atoms with van der Waals surface area (Å²) in [5, 5.41) is 11.9. The number of nitrogens with zero attached hydrogens (tertiary/aromatic N) is 6. The van der Waals surface area contributed by atoms with Crippen LogP contribution in [-0.4, -0.2) is 49.2 Å². The molecule has 1 N–H and O–H groups in total. The van der Waals surface area contributed by atoms with Crippen molar-refractivity contribution in [3.05, 3.63) is 72.6 Å². The standard InChI is InChI=1S/C30H34FN7O3S/c1-7-40-20(5)37-16-22(15-33-37)27-28(41-18(2)3)29-35-30(36-38(29)17-32-27)34-26-12-11-24(14-25(26)31)42-23-10-8-9-21(13-23)19(4)39-6/h8-20H,7H2,1-6H3,(H,34,36). The summed E-state index contributed by atoms with van der Waals surface area (Å²) in [5.74, 6) is 0.242.